The van der Waals surface area contributed by atoms with Crippen LogP contribution in [0.4, 0.5) is 5.95 Å². The molecule has 0 aliphatic carbocycles. The molecule has 2 unspecified atom stereocenters. The van der Waals surface area contributed by atoms with Gasteiger partial charge in [-0.1, -0.05) is 53.6 Å². The molecular formula is C27H23ClN4O3. The van der Waals surface area contributed by atoms with Gasteiger partial charge in [0.05, 0.1) is 19.9 Å². The molecule has 4 aromatic rings. The molecule has 2 aliphatic rings. The Morgan fingerprint density at radius 2 is 1.86 bits per heavy atom. The number of nitrogens with one attached hydrogen (secondary N) is 1. The number of nitrogens with zero attached hydrogens (tertiary/aromatic N) is 3. The van der Waals surface area contributed by atoms with Crippen molar-refractivity contribution in [2.45, 2.75) is 19.1 Å². The number of aromatic nitrogens is 3. The number of hydrogen-bond donors (Lipinski definition) is 1. The highest BCUT2D eigenvalue weighted by Crippen LogP contribution is 2.53. The molecule has 7 nitrogen and oxygen atoms in total. The Bertz CT molecular complexity index is 1460. The highest BCUT2D eigenvalue weighted by molar-refractivity contribution is 6.30. The molecule has 0 saturated carbocycles. The Kier molecular flexibility index (Phi) is 5.15. The minimum Gasteiger partial charge on any atom is -0.493 e. The lowest BCUT2D eigenvalue weighted by atomic mass is 9.84. The molecule has 2 atom stereocenters. The third-order valence-electron chi connectivity index (χ3n) is 6.48. The first-order chi connectivity index (χ1) is 17.1. The molecule has 1 N–H and O–H groups in total. The van der Waals surface area contributed by atoms with Gasteiger partial charge in [0.2, 0.25) is 5.95 Å². The van der Waals surface area contributed by atoms with E-state index in [2.05, 4.69) is 46.6 Å². The van der Waals surface area contributed by atoms with E-state index in [0.717, 1.165) is 28.0 Å². The highest BCUT2D eigenvalue weighted by atomic mass is 35.5. The van der Waals surface area contributed by atoms with Crippen LogP contribution in [0.3, 0.4) is 0 Å². The van der Waals surface area contributed by atoms with E-state index in [4.69, 9.17) is 25.8 Å². The fourth-order valence-electron chi connectivity index (χ4n) is 4.89. The normalized spacial score (nSPS) is 18.1. The number of aryl methyl sites for hydroxylation is 1. The van der Waals surface area contributed by atoms with Crippen molar-refractivity contribution in [3.8, 4) is 17.2 Å². The zero-order valence-corrected chi connectivity index (χ0v) is 20.2. The Labute approximate surface area is 207 Å². The second-order valence-corrected chi connectivity index (χ2v) is 8.95. The minimum atomic E-state index is -0.486. The third kappa shape index (κ3) is 3.42. The summed E-state index contributed by atoms with van der Waals surface area (Å²) in [5.41, 5.74) is 5.85. The molecule has 0 radical (unpaired) electrons. The maximum absolute atomic E-state index is 6.70. The smallest absolute Gasteiger partial charge is 0.226 e. The zero-order valence-electron chi connectivity index (χ0n) is 19.4. The summed E-state index contributed by atoms with van der Waals surface area (Å²) < 4.78 is 20.0. The van der Waals surface area contributed by atoms with Crippen molar-refractivity contribution in [1.82, 2.24) is 14.8 Å². The van der Waals surface area contributed by atoms with Crippen molar-refractivity contribution in [3.05, 3.63) is 99.8 Å². The molecule has 0 fully saturated rings. The van der Waals surface area contributed by atoms with Crippen molar-refractivity contribution in [2.75, 3.05) is 19.5 Å². The second kappa shape index (κ2) is 8.36. The molecule has 0 amide bonds. The average Bonchev–Trinajstić information content (AvgIpc) is 3.35. The summed E-state index contributed by atoms with van der Waals surface area (Å²) in [4.78, 5) is 4.48. The maximum Gasteiger partial charge on any atom is 0.226 e. The van der Waals surface area contributed by atoms with Crippen LogP contribution in [0.1, 0.15) is 34.4 Å². The maximum atomic E-state index is 6.70. The summed E-state index contributed by atoms with van der Waals surface area (Å²) in [5, 5.41) is 8.70. The van der Waals surface area contributed by atoms with Gasteiger partial charge in [-0.3, -0.25) is 0 Å². The van der Waals surface area contributed by atoms with Gasteiger partial charge in [-0.05, 0) is 36.8 Å². The lowest BCUT2D eigenvalue weighted by Crippen LogP contribution is -2.32. The van der Waals surface area contributed by atoms with Gasteiger partial charge in [0, 0.05) is 21.7 Å². The predicted molar refractivity (Wildman–Crippen MR) is 134 cm³/mol. The summed E-state index contributed by atoms with van der Waals surface area (Å²) in [5.74, 6) is 2.62. The van der Waals surface area contributed by atoms with Gasteiger partial charge in [-0.2, -0.15) is 10.1 Å². The van der Waals surface area contributed by atoms with E-state index in [-0.39, 0.29) is 6.04 Å². The fourth-order valence-corrected chi connectivity index (χ4v) is 5.06. The van der Waals surface area contributed by atoms with Crippen molar-refractivity contribution in [3.63, 3.8) is 0 Å². The number of methoxy groups -OCH3 is 2. The predicted octanol–water partition coefficient (Wildman–Crippen LogP) is 5.82. The average molecular weight is 487 g/mol. The van der Waals surface area contributed by atoms with E-state index in [9.17, 15) is 0 Å². The molecule has 0 bridgehead atoms. The number of para-hydroxylation sites is 1. The summed E-state index contributed by atoms with van der Waals surface area (Å²) in [6.07, 6.45) is 1.07. The van der Waals surface area contributed by atoms with Crippen LogP contribution in [-0.4, -0.2) is 29.0 Å². The first-order valence-electron chi connectivity index (χ1n) is 11.2. The first kappa shape index (κ1) is 21.6. The van der Waals surface area contributed by atoms with Crippen molar-refractivity contribution in [2.24, 2.45) is 0 Å². The summed E-state index contributed by atoms with van der Waals surface area (Å²) in [6.45, 7) is 2.07. The lowest BCUT2D eigenvalue weighted by Gasteiger charge is -2.39. The Morgan fingerprint density at radius 3 is 2.63 bits per heavy atom. The van der Waals surface area contributed by atoms with E-state index >= 15 is 0 Å². The van der Waals surface area contributed by atoms with Crippen LogP contribution in [0.5, 0.6) is 17.2 Å². The largest absolute Gasteiger partial charge is 0.493 e. The van der Waals surface area contributed by atoms with E-state index in [1.807, 2.05) is 41.1 Å². The number of rotatable bonds is 4. The van der Waals surface area contributed by atoms with Gasteiger partial charge in [-0.15, -0.1) is 0 Å². The summed E-state index contributed by atoms with van der Waals surface area (Å²) in [7, 11) is 3.27. The van der Waals surface area contributed by atoms with Gasteiger partial charge in [0.15, 0.2) is 17.6 Å². The van der Waals surface area contributed by atoms with Crippen LogP contribution in [0, 0.1) is 6.92 Å². The standard InChI is InChI=1S/C27H23ClN4O3/c1-15-7-9-16(10-8-15)24-22-23(31-27-29-14-30-32(24)27)19-13-17(28)11-12-20(19)35-26(22)18-5-4-6-21(33-2)25(18)34-3/h4-14,24,26H,1-3H3,(H,29,30,31). The zero-order chi connectivity index (χ0) is 24.1. The molecule has 3 aromatic carbocycles. The molecular weight excluding hydrogens is 464 g/mol. The van der Waals surface area contributed by atoms with Crippen molar-refractivity contribution >= 4 is 23.2 Å². The van der Waals surface area contributed by atoms with Gasteiger partial charge in [-0.25, -0.2) is 4.68 Å². The topological polar surface area (TPSA) is 70.4 Å². The van der Waals surface area contributed by atoms with Crippen LogP contribution in [0.15, 0.2) is 72.6 Å². The van der Waals surface area contributed by atoms with Gasteiger partial charge >= 0.3 is 0 Å². The van der Waals surface area contributed by atoms with Crippen LogP contribution in [0.2, 0.25) is 5.02 Å². The number of fused-ring (bicyclic) bond motifs is 3. The Balaban J connectivity index is 1.65. The highest BCUT2D eigenvalue weighted by Gasteiger charge is 2.42. The van der Waals surface area contributed by atoms with Crippen molar-refractivity contribution in [1.29, 1.82) is 0 Å². The molecule has 0 saturated heterocycles. The molecule has 6 rings (SSSR count). The van der Waals surface area contributed by atoms with E-state index in [0.29, 0.717) is 28.2 Å². The number of anilines is 1. The van der Waals surface area contributed by atoms with Gasteiger partial charge in [0.25, 0.3) is 0 Å². The second-order valence-electron chi connectivity index (χ2n) is 8.52. The number of ether oxygens (including phenoxy) is 3. The monoisotopic (exact) mass is 486 g/mol. The van der Waals surface area contributed by atoms with Crippen LogP contribution < -0.4 is 19.5 Å². The molecule has 0 spiro atoms. The van der Waals surface area contributed by atoms with E-state index < -0.39 is 6.10 Å². The van der Waals surface area contributed by atoms with Crippen LogP contribution in [-0.2, 0) is 0 Å². The van der Waals surface area contributed by atoms with Crippen LogP contribution in [0.25, 0.3) is 5.70 Å². The summed E-state index contributed by atoms with van der Waals surface area (Å²) in [6, 6.07) is 19.6. The number of benzene rings is 3. The minimum absolute atomic E-state index is 0.266. The Morgan fingerprint density at radius 1 is 1.03 bits per heavy atom. The van der Waals surface area contributed by atoms with Crippen molar-refractivity contribution < 1.29 is 14.2 Å². The van der Waals surface area contributed by atoms with Gasteiger partial charge < -0.3 is 19.5 Å². The number of halogens is 1. The molecule has 1 aromatic heterocycles. The van der Waals surface area contributed by atoms with E-state index in [1.54, 1.807) is 20.5 Å². The first-order valence-corrected chi connectivity index (χ1v) is 11.6. The molecule has 176 valence electrons. The Hall–Kier alpha value is -3.97. The third-order valence-corrected chi connectivity index (χ3v) is 6.72. The van der Waals surface area contributed by atoms with Crippen LogP contribution >= 0.6 is 11.6 Å². The lowest BCUT2D eigenvalue weighted by molar-refractivity contribution is 0.216. The fraction of sp³-hybridized carbons (Fsp3) is 0.185. The molecule has 8 heteroatoms. The number of hydrogen-bond acceptors (Lipinski definition) is 6. The molecule has 2 aliphatic heterocycles. The summed E-state index contributed by atoms with van der Waals surface area (Å²) >= 11 is 6.42. The SMILES string of the molecule is COc1cccc(C2Oc3ccc(Cl)cc3C3=C2C(c2ccc(C)cc2)n2ncnc2N3)c1OC. The molecule has 3 heterocycles. The quantitative estimate of drug-likeness (QED) is 0.392. The van der Waals surface area contributed by atoms with E-state index in [1.165, 1.54) is 5.56 Å². The molecule has 35 heavy (non-hydrogen) atoms. The van der Waals surface area contributed by atoms with Gasteiger partial charge in [0.1, 0.15) is 18.1 Å².